The zero-order valence-electron chi connectivity index (χ0n) is 25.7. The minimum absolute atomic E-state index is 0.229. The van der Waals surface area contributed by atoms with E-state index < -0.39 is 9.84 Å². The fourth-order valence-corrected chi connectivity index (χ4v) is 8.78. The van der Waals surface area contributed by atoms with Gasteiger partial charge < -0.3 is 9.64 Å². The molecule has 4 nitrogen and oxygen atoms in total. The van der Waals surface area contributed by atoms with E-state index in [1.54, 1.807) is 48.2 Å². The van der Waals surface area contributed by atoms with Gasteiger partial charge in [-0.25, -0.2) is 8.42 Å². The number of hydrogen-bond acceptors (Lipinski definition) is 5. The van der Waals surface area contributed by atoms with Crippen molar-refractivity contribution in [3.63, 3.8) is 0 Å². The summed E-state index contributed by atoms with van der Waals surface area (Å²) in [6.45, 7) is 0. The number of rotatable bonds is 7. The summed E-state index contributed by atoms with van der Waals surface area (Å²) in [7, 11) is -3.79. The van der Waals surface area contributed by atoms with Crippen molar-refractivity contribution in [1.29, 1.82) is 0 Å². The normalized spacial score (nSPS) is 12.2. The van der Waals surface area contributed by atoms with E-state index in [1.807, 2.05) is 66.7 Å². The van der Waals surface area contributed by atoms with E-state index in [4.69, 9.17) is 4.74 Å². The van der Waals surface area contributed by atoms with Crippen molar-refractivity contribution in [3.8, 4) is 33.8 Å². The first-order valence-electron chi connectivity index (χ1n) is 15.6. The molecule has 0 saturated carbocycles. The average Bonchev–Trinajstić information content (AvgIpc) is 3.15. The third kappa shape index (κ3) is 5.35. The van der Waals surface area contributed by atoms with Gasteiger partial charge in [0.05, 0.1) is 21.2 Å². The molecule has 1 heterocycles. The van der Waals surface area contributed by atoms with Crippen molar-refractivity contribution in [2.24, 2.45) is 0 Å². The number of ether oxygens (including phenoxy) is 1. The van der Waals surface area contributed by atoms with E-state index in [-0.39, 0.29) is 9.79 Å². The zero-order valence-corrected chi connectivity index (χ0v) is 27.4. The Hall–Kier alpha value is -5.56. The highest BCUT2D eigenvalue weighted by Gasteiger charge is 2.29. The minimum atomic E-state index is -3.79. The molecule has 0 unspecified atom stereocenters. The molecule has 0 spiro atoms. The van der Waals surface area contributed by atoms with Gasteiger partial charge in [-0.2, -0.15) is 0 Å². The molecule has 0 aromatic heterocycles. The van der Waals surface area contributed by atoms with Crippen LogP contribution < -0.4 is 9.64 Å². The van der Waals surface area contributed by atoms with Crippen molar-refractivity contribution in [2.75, 3.05) is 4.90 Å². The molecule has 48 heavy (non-hydrogen) atoms. The third-order valence-electron chi connectivity index (χ3n) is 8.37. The monoisotopic (exact) mass is 659 g/mol. The van der Waals surface area contributed by atoms with E-state index >= 15 is 0 Å². The Kier molecular flexibility index (Phi) is 7.81. The van der Waals surface area contributed by atoms with Gasteiger partial charge in [-0.15, -0.1) is 0 Å². The molecule has 232 valence electrons. The SMILES string of the molecule is O=S(=O)(c1ccccc1)c1ccccc1-c1ccccc1Oc1ccccc1-c1cccc2c1N(c1ccccc1)c1ccccc1S2. The predicted molar refractivity (Wildman–Crippen MR) is 195 cm³/mol. The zero-order chi connectivity index (χ0) is 32.5. The molecule has 6 heteroatoms. The predicted octanol–water partition coefficient (Wildman–Crippen LogP) is 11.6. The van der Waals surface area contributed by atoms with E-state index in [1.165, 1.54) is 4.90 Å². The van der Waals surface area contributed by atoms with Crippen LogP contribution in [-0.4, -0.2) is 8.42 Å². The highest BCUT2D eigenvalue weighted by atomic mass is 32.2. The van der Waals surface area contributed by atoms with Crippen LogP contribution in [0.3, 0.4) is 0 Å². The number of fused-ring (bicyclic) bond motifs is 2. The quantitative estimate of drug-likeness (QED) is 0.170. The van der Waals surface area contributed by atoms with Crippen LogP contribution in [0, 0.1) is 0 Å². The first-order valence-corrected chi connectivity index (χ1v) is 17.9. The van der Waals surface area contributed by atoms with Gasteiger partial charge >= 0.3 is 0 Å². The molecule has 0 saturated heterocycles. The molecule has 0 N–H and O–H groups in total. The van der Waals surface area contributed by atoms with E-state index in [0.717, 1.165) is 33.1 Å². The summed E-state index contributed by atoms with van der Waals surface area (Å²) in [4.78, 5) is 5.13. The number of benzene rings is 7. The van der Waals surface area contributed by atoms with Crippen molar-refractivity contribution in [3.05, 3.63) is 176 Å². The van der Waals surface area contributed by atoms with E-state index in [2.05, 4.69) is 77.7 Å². The lowest BCUT2D eigenvalue weighted by Gasteiger charge is -2.34. The maximum Gasteiger partial charge on any atom is 0.207 e. The summed E-state index contributed by atoms with van der Waals surface area (Å²) in [5, 5.41) is 0. The number of nitrogens with zero attached hydrogens (tertiary/aromatic N) is 1. The number of para-hydroxylation sites is 5. The second kappa shape index (κ2) is 12.6. The number of sulfone groups is 1. The lowest BCUT2D eigenvalue weighted by Crippen LogP contribution is -2.15. The Morgan fingerprint density at radius 3 is 1.71 bits per heavy atom. The lowest BCUT2D eigenvalue weighted by atomic mass is 10.00. The van der Waals surface area contributed by atoms with Crippen LogP contribution in [0.15, 0.2) is 196 Å². The van der Waals surface area contributed by atoms with Gasteiger partial charge in [-0.3, -0.25) is 0 Å². The van der Waals surface area contributed by atoms with Gasteiger partial charge in [-0.1, -0.05) is 127 Å². The lowest BCUT2D eigenvalue weighted by molar-refractivity contribution is 0.486. The van der Waals surface area contributed by atoms with Crippen LogP contribution in [0.25, 0.3) is 22.3 Å². The molecule has 8 rings (SSSR count). The second-order valence-corrected chi connectivity index (χ2v) is 14.3. The van der Waals surface area contributed by atoms with E-state index in [0.29, 0.717) is 22.6 Å². The van der Waals surface area contributed by atoms with Gasteiger partial charge in [0.2, 0.25) is 9.84 Å². The largest absolute Gasteiger partial charge is 0.456 e. The molecular formula is C42H29NO3S2. The van der Waals surface area contributed by atoms with Gasteiger partial charge in [0, 0.05) is 37.7 Å². The average molecular weight is 660 g/mol. The maximum absolute atomic E-state index is 13.9. The first-order chi connectivity index (χ1) is 23.6. The molecule has 0 amide bonds. The van der Waals surface area contributed by atoms with Gasteiger partial charge in [-0.05, 0) is 60.7 Å². The summed E-state index contributed by atoms with van der Waals surface area (Å²) >= 11 is 1.76. The summed E-state index contributed by atoms with van der Waals surface area (Å²) in [6, 6.07) is 56.6. The van der Waals surface area contributed by atoms with Gasteiger partial charge in [0.15, 0.2) is 0 Å². The molecule has 1 aliphatic rings. The Morgan fingerprint density at radius 2 is 0.979 bits per heavy atom. The number of hydrogen-bond donors (Lipinski definition) is 0. The van der Waals surface area contributed by atoms with Gasteiger partial charge in [0.25, 0.3) is 0 Å². The molecule has 0 aliphatic carbocycles. The standard InChI is InChI=1S/C42H29NO3S2/c44-48(45,31-18-5-2-6-19-31)41-29-14-9-22-34(41)32-20-7-11-25-37(32)46-38-26-12-8-21-33(38)35-23-15-28-40-42(35)43(30-16-3-1-4-17-30)36-24-10-13-27-39(36)47-40/h1-29H. The maximum atomic E-state index is 13.9. The Balaban J connectivity index is 1.25. The van der Waals surface area contributed by atoms with E-state index in [9.17, 15) is 8.42 Å². The van der Waals surface area contributed by atoms with Crippen LogP contribution >= 0.6 is 11.8 Å². The highest BCUT2D eigenvalue weighted by molar-refractivity contribution is 7.99. The highest BCUT2D eigenvalue weighted by Crippen LogP contribution is 2.55. The fourth-order valence-electron chi connectivity index (χ4n) is 6.19. The Morgan fingerprint density at radius 1 is 0.458 bits per heavy atom. The fraction of sp³-hybridized carbons (Fsp3) is 0. The summed E-state index contributed by atoms with van der Waals surface area (Å²) in [5.41, 5.74) is 6.49. The summed E-state index contributed by atoms with van der Waals surface area (Å²) in [6.07, 6.45) is 0. The Bertz CT molecular complexity index is 2380. The number of anilines is 3. The van der Waals surface area contributed by atoms with Crippen LogP contribution in [0.4, 0.5) is 17.1 Å². The molecule has 0 fully saturated rings. The van der Waals surface area contributed by atoms with Gasteiger partial charge in [0.1, 0.15) is 11.5 Å². The first kappa shape index (κ1) is 29.8. The molecule has 7 aromatic rings. The molecule has 0 bridgehead atoms. The smallest absolute Gasteiger partial charge is 0.207 e. The molecule has 0 radical (unpaired) electrons. The van der Waals surface area contributed by atoms with Crippen molar-refractivity contribution in [1.82, 2.24) is 0 Å². The minimum Gasteiger partial charge on any atom is -0.456 e. The summed E-state index contributed by atoms with van der Waals surface area (Å²) in [5.74, 6) is 1.23. The van der Waals surface area contributed by atoms with Crippen molar-refractivity contribution >= 4 is 38.7 Å². The molecule has 1 aliphatic heterocycles. The third-order valence-corrected chi connectivity index (χ3v) is 11.3. The Labute approximate surface area is 284 Å². The van der Waals surface area contributed by atoms with Crippen LogP contribution in [0.2, 0.25) is 0 Å². The van der Waals surface area contributed by atoms with Crippen LogP contribution in [0.1, 0.15) is 0 Å². The van der Waals surface area contributed by atoms with Crippen LogP contribution in [-0.2, 0) is 9.84 Å². The second-order valence-electron chi connectivity index (χ2n) is 11.3. The molecule has 0 atom stereocenters. The molecular weight excluding hydrogens is 631 g/mol. The topological polar surface area (TPSA) is 46.6 Å². The summed E-state index contributed by atoms with van der Waals surface area (Å²) < 4.78 is 34.5. The van der Waals surface area contributed by atoms with Crippen molar-refractivity contribution < 1.29 is 13.2 Å². The molecule has 7 aromatic carbocycles. The van der Waals surface area contributed by atoms with Crippen LogP contribution in [0.5, 0.6) is 11.5 Å². The van der Waals surface area contributed by atoms with Crippen molar-refractivity contribution in [2.45, 2.75) is 19.6 Å².